The van der Waals surface area contributed by atoms with Gasteiger partial charge in [-0.3, -0.25) is 0 Å². The molecule has 0 aliphatic rings. The molecule has 2 rings (SSSR count). The lowest BCUT2D eigenvalue weighted by Crippen LogP contribution is -2.13. The third-order valence-electron chi connectivity index (χ3n) is 3.01. The standard InChI is InChI=1S/C17H20Cl2N2O/c1-2-10-22-15-5-3-4-13(11-15)20-8-9-21-14-6-7-16(18)17(19)12-14/h3-7,11-12,20-21H,2,8-10H2,1H3. The van der Waals surface area contributed by atoms with Gasteiger partial charge in [-0.1, -0.05) is 36.2 Å². The van der Waals surface area contributed by atoms with Crippen LogP contribution in [0.1, 0.15) is 13.3 Å². The van der Waals surface area contributed by atoms with Crippen LogP contribution in [0.4, 0.5) is 11.4 Å². The van der Waals surface area contributed by atoms with E-state index in [1.54, 1.807) is 6.07 Å². The van der Waals surface area contributed by atoms with Crippen molar-refractivity contribution in [3.63, 3.8) is 0 Å². The lowest BCUT2D eigenvalue weighted by Gasteiger charge is -2.11. The van der Waals surface area contributed by atoms with E-state index in [9.17, 15) is 0 Å². The number of halogens is 2. The van der Waals surface area contributed by atoms with Crippen LogP contribution in [-0.2, 0) is 0 Å². The second-order valence-electron chi connectivity index (χ2n) is 4.86. The normalized spacial score (nSPS) is 10.3. The molecular formula is C17H20Cl2N2O. The first-order valence-corrected chi connectivity index (χ1v) is 8.10. The van der Waals surface area contributed by atoms with Gasteiger partial charge in [0, 0.05) is 30.5 Å². The molecule has 0 fully saturated rings. The van der Waals surface area contributed by atoms with Gasteiger partial charge in [0.05, 0.1) is 16.7 Å². The van der Waals surface area contributed by atoms with Gasteiger partial charge in [-0.25, -0.2) is 0 Å². The molecule has 0 radical (unpaired) electrons. The quantitative estimate of drug-likeness (QED) is 0.640. The summed E-state index contributed by atoms with van der Waals surface area (Å²) in [5.74, 6) is 0.893. The Labute approximate surface area is 141 Å². The van der Waals surface area contributed by atoms with Gasteiger partial charge in [-0.2, -0.15) is 0 Å². The Morgan fingerprint density at radius 1 is 0.909 bits per heavy atom. The summed E-state index contributed by atoms with van der Waals surface area (Å²) in [6.07, 6.45) is 1.01. The van der Waals surface area contributed by atoms with Crippen molar-refractivity contribution in [2.45, 2.75) is 13.3 Å². The molecule has 0 aliphatic carbocycles. The fourth-order valence-electron chi connectivity index (χ4n) is 1.94. The van der Waals surface area contributed by atoms with Crippen LogP contribution in [0.2, 0.25) is 10.0 Å². The van der Waals surface area contributed by atoms with Gasteiger partial charge < -0.3 is 15.4 Å². The highest BCUT2D eigenvalue weighted by Crippen LogP contribution is 2.24. The van der Waals surface area contributed by atoms with Gasteiger partial charge in [0.2, 0.25) is 0 Å². The van der Waals surface area contributed by atoms with Gasteiger partial charge >= 0.3 is 0 Å². The van der Waals surface area contributed by atoms with Crippen LogP contribution in [0.5, 0.6) is 5.75 Å². The molecule has 3 nitrogen and oxygen atoms in total. The maximum Gasteiger partial charge on any atom is 0.121 e. The van der Waals surface area contributed by atoms with E-state index in [0.29, 0.717) is 10.0 Å². The van der Waals surface area contributed by atoms with Crippen molar-refractivity contribution in [2.24, 2.45) is 0 Å². The van der Waals surface area contributed by atoms with E-state index in [4.69, 9.17) is 27.9 Å². The Morgan fingerprint density at radius 3 is 2.32 bits per heavy atom. The van der Waals surface area contributed by atoms with Crippen molar-refractivity contribution in [1.82, 2.24) is 0 Å². The SMILES string of the molecule is CCCOc1cccc(NCCNc2ccc(Cl)c(Cl)c2)c1. The van der Waals surface area contributed by atoms with Crippen molar-refractivity contribution in [3.8, 4) is 5.75 Å². The Bertz CT molecular complexity index is 605. The van der Waals surface area contributed by atoms with Gasteiger partial charge in [0.1, 0.15) is 5.75 Å². The summed E-state index contributed by atoms with van der Waals surface area (Å²) in [5, 5.41) is 7.77. The van der Waals surface area contributed by atoms with E-state index in [2.05, 4.69) is 17.6 Å². The number of anilines is 2. The molecule has 2 N–H and O–H groups in total. The van der Waals surface area contributed by atoms with E-state index in [1.807, 2.05) is 36.4 Å². The first-order chi connectivity index (χ1) is 10.7. The second kappa shape index (κ2) is 8.76. The van der Waals surface area contributed by atoms with Gasteiger partial charge in [0.15, 0.2) is 0 Å². The molecule has 0 aromatic heterocycles. The monoisotopic (exact) mass is 338 g/mol. The first kappa shape index (κ1) is 16.8. The van der Waals surface area contributed by atoms with Crippen molar-refractivity contribution < 1.29 is 4.74 Å². The predicted molar refractivity (Wildman–Crippen MR) is 95.7 cm³/mol. The number of benzene rings is 2. The molecule has 2 aromatic carbocycles. The molecule has 0 bridgehead atoms. The van der Waals surface area contributed by atoms with Crippen molar-refractivity contribution >= 4 is 34.6 Å². The average molecular weight is 339 g/mol. The number of hydrogen-bond donors (Lipinski definition) is 2. The first-order valence-electron chi connectivity index (χ1n) is 7.34. The van der Waals surface area contributed by atoms with E-state index in [1.165, 1.54) is 0 Å². The Kier molecular flexibility index (Phi) is 6.69. The Hall–Kier alpha value is -1.58. The molecule has 5 heteroatoms. The van der Waals surface area contributed by atoms with Gasteiger partial charge in [-0.05, 0) is 36.8 Å². The maximum atomic E-state index is 5.98. The van der Waals surface area contributed by atoms with E-state index >= 15 is 0 Å². The third-order valence-corrected chi connectivity index (χ3v) is 3.75. The van der Waals surface area contributed by atoms with E-state index in [-0.39, 0.29) is 0 Å². The lowest BCUT2D eigenvalue weighted by molar-refractivity contribution is 0.317. The molecule has 118 valence electrons. The zero-order chi connectivity index (χ0) is 15.8. The highest BCUT2D eigenvalue weighted by Gasteiger charge is 1.99. The third kappa shape index (κ3) is 5.32. The Balaban J connectivity index is 1.77. The zero-order valence-electron chi connectivity index (χ0n) is 12.5. The minimum atomic E-state index is 0.556. The van der Waals surface area contributed by atoms with Crippen LogP contribution in [0.3, 0.4) is 0 Å². The molecule has 2 aromatic rings. The fourth-order valence-corrected chi connectivity index (χ4v) is 2.23. The topological polar surface area (TPSA) is 33.3 Å². The van der Waals surface area contributed by atoms with Crippen LogP contribution < -0.4 is 15.4 Å². The summed E-state index contributed by atoms with van der Waals surface area (Å²) < 4.78 is 5.61. The zero-order valence-corrected chi connectivity index (χ0v) is 14.0. The van der Waals surface area contributed by atoms with Crippen LogP contribution in [-0.4, -0.2) is 19.7 Å². The summed E-state index contributed by atoms with van der Waals surface area (Å²) >= 11 is 11.9. The van der Waals surface area contributed by atoms with Crippen LogP contribution >= 0.6 is 23.2 Å². The molecule has 0 aliphatic heterocycles. The fraction of sp³-hybridized carbons (Fsp3) is 0.294. The minimum Gasteiger partial charge on any atom is -0.494 e. The molecular weight excluding hydrogens is 319 g/mol. The highest BCUT2D eigenvalue weighted by molar-refractivity contribution is 6.42. The summed E-state index contributed by atoms with van der Waals surface area (Å²) in [4.78, 5) is 0. The number of nitrogens with one attached hydrogen (secondary N) is 2. The van der Waals surface area contributed by atoms with E-state index in [0.717, 1.165) is 43.2 Å². The predicted octanol–water partition coefficient (Wildman–Crippen LogP) is 5.31. The maximum absolute atomic E-state index is 5.98. The summed E-state index contributed by atoms with van der Waals surface area (Å²) in [6, 6.07) is 13.5. The Morgan fingerprint density at radius 2 is 1.64 bits per heavy atom. The summed E-state index contributed by atoms with van der Waals surface area (Å²) in [5.41, 5.74) is 2.00. The smallest absolute Gasteiger partial charge is 0.121 e. The number of rotatable bonds is 8. The van der Waals surface area contributed by atoms with Crippen molar-refractivity contribution in [1.29, 1.82) is 0 Å². The van der Waals surface area contributed by atoms with Gasteiger partial charge in [-0.15, -0.1) is 0 Å². The summed E-state index contributed by atoms with van der Waals surface area (Å²) in [7, 11) is 0. The number of ether oxygens (including phenoxy) is 1. The molecule has 22 heavy (non-hydrogen) atoms. The second-order valence-corrected chi connectivity index (χ2v) is 5.67. The van der Waals surface area contributed by atoms with Crippen LogP contribution in [0.15, 0.2) is 42.5 Å². The molecule has 0 saturated heterocycles. The van der Waals surface area contributed by atoms with Crippen LogP contribution in [0.25, 0.3) is 0 Å². The van der Waals surface area contributed by atoms with Gasteiger partial charge in [0.25, 0.3) is 0 Å². The lowest BCUT2D eigenvalue weighted by atomic mass is 10.3. The van der Waals surface area contributed by atoms with Crippen LogP contribution in [0, 0.1) is 0 Å². The van der Waals surface area contributed by atoms with Crippen molar-refractivity contribution in [2.75, 3.05) is 30.3 Å². The molecule has 0 unspecified atom stereocenters. The van der Waals surface area contributed by atoms with E-state index < -0.39 is 0 Å². The molecule has 0 heterocycles. The minimum absolute atomic E-state index is 0.556. The molecule has 0 atom stereocenters. The molecule has 0 saturated carbocycles. The number of hydrogen-bond acceptors (Lipinski definition) is 3. The summed E-state index contributed by atoms with van der Waals surface area (Å²) in [6.45, 7) is 4.40. The highest BCUT2D eigenvalue weighted by atomic mass is 35.5. The molecule has 0 amide bonds. The van der Waals surface area contributed by atoms with Crippen molar-refractivity contribution in [3.05, 3.63) is 52.5 Å². The molecule has 0 spiro atoms. The average Bonchev–Trinajstić information content (AvgIpc) is 2.53. The largest absolute Gasteiger partial charge is 0.494 e.